The van der Waals surface area contributed by atoms with E-state index < -0.39 is 11.9 Å². The molecule has 0 aliphatic rings. The van der Waals surface area contributed by atoms with Gasteiger partial charge in [-0.1, -0.05) is 36.4 Å². The lowest BCUT2D eigenvalue weighted by Crippen LogP contribution is -2.17. The first-order valence-electron chi connectivity index (χ1n) is 10.6. The van der Waals surface area contributed by atoms with E-state index in [0.717, 1.165) is 10.8 Å². The molecule has 0 aliphatic heterocycles. The van der Waals surface area contributed by atoms with Gasteiger partial charge in [-0.15, -0.1) is 0 Å². The van der Waals surface area contributed by atoms with Crippen LogP contribution in [0.3, 0.4) is 0 Å². The topological polar surface area (TPSA) is 117 Å². The Balaban J connectivity index is 1.42. The number of benzene rings is 4. The van der Waals surface area contributed by atoms with Crippen molar-refractivity contribution >= 4 is 28.9 Å². The lowest BCUT2D eigenvalue weighted by atomic mass is 10.1. The minimum Gasteiger partial charge on any atom is -0.507 e. The monoisotopic (exact) mass is 470 g/mol. The minimum absolute atomic E-state index is 0.120. The van der Waals surface area contributed by atoms with Gasteiger partial charge in [-0.2, -0.15) is 5.10 Å². The summed E-state index contributed by atoms with van der Waals surface area (Å²) in [6.07, 6.45) is 1.44. The zero-order chi connectivity index (χ0) is 24.8. The molecule has 0 atom stereocenters. The van der Waals surface area contributed by atoms with Gasteiger partial charge < -0.3 is 19.7 Å². The van der Waals surface area contributed by atoms with Gasteiger partial charge in [0.25, 0.3) is 5.91 Å². The molecule has 4 aromatic carbocycles. The number of aromatic hydroxyl groups is 1. The summed E-state index contributed by atoms with van der Waals surface area (Å²) in [5, 5.41) is 25.0. The third-order valence-corrected chi connectivity index (χ3v) is 5.24. The first-order valence-corrected chi connectivity index (χ1v) is 10.6. The van der Waals surface area contributed by atoms with Gasteiger partial charge >= 0.3 is 5.97 Å². The van der Waals surface area contributed by atoms with Crippen LogP contribution >= 0.6 is 0 Å². The van der Waals surface area contributed by atoms with E-state index >= 15 is 0 Å². The molecule has 4 rings (SSSR count). The predicted octanol–water partition coefficient (Wildman–Crippen LogP) is 4.60. The molecular weight excluding hydrogens is 448 g/mol. The molecule has 0 saturated heterocycles. The fraction of sp³-hybridized carbons (Fsp3) is 0.0741. The Kier molecular flexibility index (Phi) is 6.92. The summed E-state index contributed by atoms with van der Waals surface area (Å²) in [5.41, 5.74) is 4.07. The summed E-state index contributed by atoms with van der Waals surface area (Å²) in [5.74, 6) is -0.762. The molecule has 0 spiro atoms. The fourth-order valence-electron chi connectivity index (χ4n) is 3.47. The van der Waals surface area contributed by atoms with Crippen molar-refractivity contribution in [3.8, 4) is 17.2 Å². The Bertz CT molecular complexity index is 1430. The maximum absolute atomic E-state index is 12.5. The normalized spacial score (nSPS) is 10.9. The number of nitrogens with one attached hydrogen (secondary N) is 1. The van der Waals surface area contributed by atoms with Crippen LogP contribution in [0.15, 0.2) is 84.0 Å². The number of phenolic OH excluding ortho intramolecular Hbond substituents is 1. The molecule has 0 heterocycles. The minimum atomic E-state index is -1.00. The number of carboxylic acids is 1. The van der Waals surface area contributed by atoms with Gasteiger partial charge in [0.1, 0.15) is 12.4 Å². The lowest BCUT2D eigenvalue weighted by Gasteiger charge is -2.11. The van der Waals surface area contributed by atoms with Crippen molar-refractivity contribution in [2.45, 2.75) is 6.61 Å². The standard InChI is InChI=1S/C27H22N2O6/c1-34-25-12-17(9-10-24(25)35-16-18-5-4-8-21(11-18)27(32)33)15-28-29-26(31)22-13-19-6-2-3-7-20(19)14-23(22)30/h2-15,30H,16H2,1H3,(H,29,31)(H,32,33). The number of carboxylic acid groups (broad SMARTS) is 1. The number of carbonyl (C=O) groups excluding carboxylic acids is 1. The molecule has 1 amide bonds. The van der Waals surface area contributed by atoms with E-state index in [1.807, 2.05) is 24.3 Å². The molecule has 176 valence electrons. The van der Waals surface area contributed by atoms with E-state index in [1.54, 1.807) is 42.5 Å². The summed E-state index contributed by atoms with van der Waals surface area (Å²) < 4.78 is 11.2. The Morgan fingerprint density at radius 3 is 2.46 bits per heavy atom. The fourth-order valence-corrected chi connectivity index (χ4v) is 3.47. The van der Waals surface area contributed by atoms with Crippen molar-refractivity contribution in [2.75, 3.05) is 7.11 Å². The Labute approximate surface area is 201 Å². The number of nitrogens with zero attached hydrogens (tertiary/aromatic N) is 1. The van der Waals surface area contributed by atoms with Gasteiger partial charge in [0, 0.05) is 0 Å². The average molecular weight is 470 g/mol. The van der Waals surface area contributed by atoms with Crippen molar-refractivity contribution in [3.05, 3.63) is 101 Å². The second-order valence-electron chi connectivity index (χ2n) is 7.62. The molecule has 0 saturated carbocycles. The molecule has 0 fully saturated rings. The first-order chi connectivity index (χ1) is 16.9. The summed E-state index contributed by atoms with van der Waals surface area (Å²) in [7, 11) is 1.50. The van der Waals surface area contributed by atoms with Crippen LogP contribution in [0.2, 0.25) is 0 Å². The van der Waals surface area contributed by atoms with E-state index in [9.17, 15) is 14.7 Å². The molecule has 4 aromatic rings. The van der Waals surface area contributed by atoms with Gasteiger partial charge in [-0.05, 0) is 64.4 Å². The molecule has 0 unspecified atom stereocenters. The number of methoxy groups -OCH3 is 1. The number of hydrazone groups is 1. The summed E-state index contributed by atoms with van der Waals surface area (Å²) in [6.45, 7) is 0.163. The van der Waals surface area contributed by atoms with E-state index in [4.69, 9.17) is 14.6 Å². The second-order valence-corrected chi connectivity index (χ2v) is 7.62. The van der Waals surface area contributed by atoms with E-state index in [2.05, 4.69) is 10.5 Å². The van der Waals surface area contributed by atoms with Crippen LogP contribution in [0.1, 0.15) is 31.8 Å². The number of aromatic carboxylic acids is 1. The highest BCUT2D eigenvalue weighted by molar-refractivity contribution is 6.01. The maximum atomic E-state index is 12.5. The number of rotatable bonds is 8. The molecular formula is C27H22N2O6. The van der Waals surface area contributed by atoms with Gasteiger partial charge in [0.2, 0.25) is 0 Å². The SMILES string of the molecule is COc1cc(C=NNC(=O)c2cc3ccccc3cc2O)ccc1OCc1cccc(C(=O)O)c1. The van der Waals surface area contributed by atoms with Crippen LogP contribution in [0.25, 0.3) is 10.8 Å². The maximum Gasteiger partial charge on any atom is 0.335 e. The number of amides is 1. The van der Waals surface area contributed by atoms with Crippen molar-refractivity contribution in [3.63, 3.8) is 0 Å². The lowest BCUT2D eigenvalue weighted by molar-refractivity contribution is 0.0696. The quantitative estimate of drug-likeness (QED) is 0.256. The number of carbonyl (C=O) groups is 2. The second kappa shape index (κ2) is 10.4. The van der Waals surface area contributed by atoms with E-state index in [0.29, 0.717) is 22.6 Å². The molecule has 0 aromatic heterocycles. The zero-order valence-corrected chi connectivity index (χ0v) is 18.8. The number of fused-ring (bicyclic) bond motifs is 1. The van der Waals surface area contributed by atoms with Gasteiger partial charge in [-0.25, -0.2) is 10.2 Å². The van der Waals surface area contributed by atoms with Crippen LogP contribution in [0, 0.1) is 0 Å². The van der Waals surface area contributed by atoms with Crippen molar-refractivity contribution in [1.29, 1.82) is 0 Å². The summed E-state index contributed by atoms with van der Waals surface area (Å²) >= 11 is 0. The van der Waals surface area contributed by atoms with Crippen LogP contribution in [0.4, 0.5) is 0 Å². The highest BCUT2D eigenvalue weighted by Crippen LogP contribution is 2.29. The zero-order valence-electron chi connectivity index (χ0n) is 18.8. The van der Waals surface area contributed by atoms with E-state index in [-0.39, 0.29) is 23.5 Å². The number of ether oxygens (including phenoxy) is 2. The van der Waals surface area contributed by atoms with Gasteiger partial charge in [0.15, 0.2) is 11.5 Å². The molecule has 8 heteroatoms. The smallest absolute Gasteiger partial charge is 0.335 e. The molecule has 0 bridgehead atoms. The van der Waals surface area contributed by atoms with Crippen LogP contribution in [-0.4, -0.2) is 35.4 Å². The highest BCUT2D eigenvalue weighted by atomic mass is 16.5. The molecule has 35 heavy (non-hydrogen) atoms. The first kappa shape index (κ1) is 23.3. The Hall–Kier alpha value is -4.85. The Morgan fingerprint density at radius 2 is 1.71 bits per heavy atom. The number of hydrogen-bond donors (Lipinski definition) is 3. The van der Waals surface area contributed by atoms with Crippen LogP contribution in [-0.2, 0) is 6.61 Å². The van der Waals surface area contributed by atoms with Crippen molar-refractivity contribution < 1.29 is 29.3 Å². The third kappa shape index (κ3) is 5.56. The Morgan fingerprint density at radius 1 is 0.943 bits per heavy atom. The highest BCUT2D eigenvalue weighted by Gasteiger charge is 2.12. The largest absolute Gasteiger partial charge is 0.507 e. The third-order valence-electron chi connectivity index (χ3n) is 5.24. The number of phenols is 1. The summed E-state index contributed by atoms with van der Waals surface area (Å²) in [6, 6.07) is 22.2. The summed E-state index contributed by atoms with van der Waals surface area (Å²) in [4.78, 5) is 23.6. The average Bonchev–Trinajstić information content (AvgIpc) is 2.87. The van der Waals surface area contributed by atoms with Crippen LogP contribution < -0.4 is 14.9 Å². The predicted molar refractivity (Wildman–Crippen MR) is 131 cm³/mol. The number of hydrogen-bond acceptors (Lipinski definition) is 6. The van der Waals surface area contributed by atoms with Crippen LogP contribution in [0.5, 0.6) is 17.2 Å². The molecule has 8 nitrogen and oxygen atoms in total. The molecule has 0 aliphatic carbocycles. The van der Waals surface area contributed by atoms with Crippen molar-refractivity contribution in [2.24, 2.45) is 5.10 Å². The van der Waals surface area contributed by atoms with Gasteiger partial charge in [-0.3, -0.25) is 4.79 Å². The van der Waals surface area contributed by atoms with Gasteiger partial charge in [0.05, 0.1) is 24.5 Å². The van der Waals surface area contributed by atoms with E-state index in [1.165, 1.54) is 25.5 Å². The van der Waals surface area contributed by atoms with Crippen molar-refractivity contribution in [1.82, 2.24) is 5.43 Å². The molecule has 3 N–H and O–H groups in total. The molecule has 0 radical (unpaired) electrons.